The topological polar surface area (TPSA) is 110 Å². The van der Waals surface area contributed by atoms with Crippen LogP contribution in [0.4, 0.5) is 0 Å². The molecule has 0 aliphatic carbocycles. The molecule has 1 aromatic carbocycles. The number of carbonyl (C=O) groups is 1. The smallest absolute Gasteiger partial charge is 0.267 e. The predicted octanol–water partition coefficient (Wildman–Crippen LogP) is 1.10. The number of carbonyl (C=O) groups excluding carboxylic acids is 1. The second-order valence-electron chi connectivity index (χ2n) is 5.01. The van der Waals surface area contributed by atoms with Gasteiger partial charge >= 0.3 is 0 Å². The van der Waals surface area contributed by atoms with Gasteiger partial charge in [-0.1, -0.05) is 25.1 Å². The second kappa shape index (κ2) is 6.89. The van der Waals surface area contributed by atoms with Crippen LogP contribution in [0, 0.1) is 0 Å². The van der Waals surface area contributed by atoms with Crippen LogP contribution >= 0.6 is 0 Å². The van der Waals surface area contributed by atoms with Gasteiger partial charge in [0, 0.05) is 12.1 Å². The SMILES string of the molecule is CCS(=O)(=O)c1ccc([C@@H](CO)c2cccnc2C(N)=O)cc1. The molecule has 1 atom stereocenters. The molecular weight excluding hydrogens is 316 g/mol. The van der Waals surface area contributed by atoms with Crippen LogP contribution < -0.4 is 5.73 Å². The number of sulfone groups is 1. The average molecular weight is 334 g/mol. The van der Waals surface area contributed by atoms with Gasteiger partial charge in [-0.3, -0.25) is 9.78 Å². The van der Waals surface area contributed by atoms with Gasteiger partial charge in [-0.05, 0) is 29.3 Å². The van der Waals surface area contributed by atoms with Crippen LogP contribution in [0.1, 0.15) is 34.5 Å². The number of amides is 1. The molecule has 0 radical (unpaired) electrons. The Hall–Kier alpha value is -2.25. The van der Waals surface area contributed by atoms with Gasteiger partial charge in [-0.15, -0.1) is 0 Å². The lowest BCUT2D eigenvalue weighted by atomic mass is 9.91. The van der Waals surface area contributed by atoms with E-state index in [9.17, 15) is 18.3 Å². The summed E-state index contributed by atoms with van der Waals surface area (Å²) in [6.45, 7) is 1.32. The number of aliphatic hydroxyl groups excluding tert-OH is 1. The molecule has 0 saturated heterocycles. The Morgan fingerprint density at radius 2 is 1.91 bits per heavy atom. The molecule has 0 aliphatic rings. The Kier molecular flexibility index (Phi) is 5.12. The fourth-order valence-corrected chi connectivity index (χ4v) is 3.25. The number of aliphatic hydroxyl groups is 1. The van der Waals surface area contributed by atoms with Crippen LogP contribution in [-0.4, -0.2) is 36.8 Å². The van der Waals surface area contributed by atoms with E-state index in [4.69, 9.17) is 5.73 Å². The molecule has 0 bridgehead atoms. The lowest BCUT2D eigenvalue weighted by Gasteiger charge is -2.17. The minimum atomic E-state index is -3.28. The van der Waals surface area contributed by atoms with Crippen molar-refractivity contribution < 1.29 is 18.3 Å². The fourth-order valence-electron chi connectivity index (χ4n) is 2.36. The fraction of sp³-hybridized carbons (Fsp3) is 0.250. The van der Waals surface area contributed by atoms with Gasteiger partial charge in [-0.2, -0.15) is 0 Å². The molecule has 3 N–H and O–H groups in total. The highest BCUT2D eigenvalue weighted by Crippen LogP contribution is 2.27. The van der Waals surface area contributed by atoms with Crippen molar-refractivity contribution >= 4 is 15.7 Å². The first kappa shape index (κ1) is 17.1. The molecule has 1 heterocycles. The minimum Gasteiger partial charge on any atom is -0.395 e. The molecule has 2 aromatic rings. The summed E-state index contributed by atoms with van der Waals surface area (Å²) in [4.78, 5) is 15.7. The molecule has 0 spiro atoms. The summed E-state index contributed by atoms with van der Waals surface area (Å²) in [5, 5.41) is 9.72. The molecule has 0 saturated carbocycles. The third-order valence-corrected chi connectivity index (χ3v) is 5.40. The van der Waals surface area contributed by atoms with Crippen LogP contribution in [0.3, 0.4) is 0 Å². The number of hydrogen-bond donors (Lipinski definition) is 2. The van der Waals surface area contributed by atoms with Crippen molar-refractivity contribution in [2.45, 2.75) is 17.7 Å². The summed E-state index contributed by atoms with van der Waals surface area (Å²) in [6, 6.07) is 9.57. The number of hydrogen-bond acceptors (Lipinski definition) is 5. The average Bonchev–Trinajstić information content (AvgIpc) is 2.56. The molecule has 1 aromatic heterocycles. The van der Waals surface area contributed by atoms with E-state index < -0.39 is 21.7 Å². The normalized spacial score (nSPS) is 12.8. The molecule has 0 unspecified atom stereocenters. The van der Waals surface area contributed by atoms with Crippen molar-refractivity contribution in [3.63, 3.8) is 0 Å². The van der Waals surface area contributed by atoms with Crippen molar-refractivity contribution in [2.24, 2.45) is 5.73 Å². The molecule has 7 heteroatoms. The van der Waals surface area contributed by atoms with E-state index >= 15 is 0 Å². The van der Waals surface area contributed by atoms with Gasteiger partial charge < -0.3 is 10.8 Å². The maximum absolute atomic E-state index is 11.8. The number of pyridine rings is 1. The van der Waals surface area contributed by atoms with Crippen LogP contribution in [0.15, 0.2) is 47.5 Å². The Morgan fingerprint density at radius 1 is 1.26 bits per heavy atom. The maximum atomic E-state index is 11.8. The molecule has 6 nitrogen and oxygen atoms in total. The number of nitrogens with zero attached hydrogens (tertiary/aromatic N) is 1. The third kappa shape index (κ3) is 3.57. The predicted molar refractivity (Wildman–Crippen MR) is 85.9 cm³/mol. The first-order valence-corrected chi connectivity index (χ1v) is 8.74. The number of aromatic nitrogens is 1. The highest BCUT2D eigenvalue weighted by Gasteiger charge is 2.21. The van der Waals surface area contributed by atoms with E-state index in [-0.39, 0.29) is 22.9 Å². The summed E-state index contributed by atoms with van der Waals surface area (Å²) in [5.41, 5.74) is 6.60. The lowest BCUT2D eigenvalue weighted by molar-refractivity contribution is 0.0994. The highest BCUT2D eigenvalue weighted by atomic mass is 32.2. The van der Waals surface area contributed by atoms with Crippen LogP contribution in [0.2, 0.25) is 0 Å². The highest BCUT2D eigenvalue weighted by molar-refractivity contribution is 7.91. The van der Waals surface area contributed by atoms with E-state index in [1.807, 2.05) is 0 Å². The molecule has 0 fully saturated rings. The van der Waals surface area contributed by atoms with Crippen LogP contribution in [0.25, 0.3) is 0 Å². The zero-order valence-corrected chi connectivity index (χ0v) is 13.5. The van der Waals surface area contributed by atoms with E-state index in [2.05, 4.69) is 4.98 Å². The molecule has 23 heavy (non-hydrogen) atoms. The Bertz CT molecular complexity index is 801. The largest absolute Gasteiger partial charge is 0.395 e. The lowest BCUT2D eigenvalue weighted by Crippen LogP contribution is -2.19. The molecule has 0 aliphatic heterocycles. The van der Waals surface area contributed by atoms with Gasteiger partial charge in [0.05, 0.1) is 17.3 Å². The van der Waals surface area contributed by atoms with E-state index in [0.29, 0.717) is 11.1 Å². The Labute approximate surface area is 134 Å². The summed E-state index contributed by atoms with van der Waals surface area (Å²) < 4.78 is 23.7. The summed E-state index contributed by atoms with van der Waals surface area (Å²) in [6.07, 6.45) is 1.45. The zero-order valence-electron chi connectivity index (χ0n) is 12.6. The summed E-state index contributed by atoms with van der Waals surface area (Å²) in [7, 11) is -3.28. The Balaban J connectivity index is 2.45. The monoisotopic (exact) mass is 334 g/mol. The second-order valence-corrected chi connectivity index (χ2v) is 7.29. The van der Waals surface area contributed by atoms with Crippen molar-refractivity contribution in [2.75, 3.05) is 12.4 Å². The van der Waals surface area contributed by atoms with E-state index in [0.717, 1.165) is 0 Å². The van der Waals surface area contributed by atoms with Crippen molar-refractivity contribution in [3.05, 3.63) is 59.4 Å². The van der Waals surface area contributed by atoms with Gasteiger partial charge in [0.1, 0.15) is 5.69 Å². The standard InChI is InChI=1S/C16H18N2O4S/c1-2-23(21,22)12-7-5-11(6-8-12)14(10-19)13-4-3-9-18-15(13)16(17)20/h3-9,14,19H,2,10H2,1H3,(H2,17,20)/t14-/m1/s1. The minimum absolute atomic E-state index is 0.0181. The van der Waals surface area contributed by atoms with Gasteiger partial charge in [0.15, 0.2) is 9.84 Å². The van der Waals surface area contributed by atoms with Crippen molar-refractivity contribution in [1.82, 2.24) is 4.98 Å². The van der Waals surface area contributed by atoms with Crippen LogP contribution in [-0.2, 0) is 9.84 Å². The first-order valence-electron chi connectivity index (χ1n) is 7.09. The van der Waals surface area contributed by atoms with Gasteiger partial charge in [-0.25, -0.2) is 8.42 Å². The van der Waals surface area contributed by atoms with Crippen LogP contribution in [0.5, 0.6) is 0 Å². The molecule has 1 amide bonds. The number of nitrogens with two attached hydrogens (primary N) is 1. The maximum Gasteiger partial charge on any atom is 0.267 e. The Morgan fingerprint density at radius 3 is 2.43 bits per heavy atom. The molecule has 2 rings (SSSR count). The number of benzene rings is 1. The molecular formula is C16H18N2O4S. The van der Waals surface area contributed by atoms with Crippen molar-refractivity contribution in [3.8, 4) is 0 Å². The van der Waals surface area contributed by atoms with Crippen molar-refractivity contribution in [1.29, 1.82) is 0 Å². The van der Waals surface area contributed by atoms with E-state index in [1.165, 1.54) is 18.3 Å². The van der Waals surface area contributed by atoms with E-state index in [1.54, 1.807) is 31.2 Å². The number of primary amides is 1. The zero-order chi connectivity index (χ0) is 17.0. The third-order valence-electron chi connectivity index (χ3n) is 3.65. The quantitative estimate of drug-likeness (QED) is 0.822. The summed E-state index contributed by atoms with van der Waals surface area (Å²) in [5.74, 6) is -1.17. The first-order chi connectivity index (χ1) is 10.9. The number of rotatable bonds is 6. The van der Waals surface area contributed by atoms with Gasteiger partial charge in [0.2, 0.25) is 0 Å². The van der Waals surface area contributed by atoms with Gasteiger partial charge in [0.25, 0.3) is 5.91 Å². The molecule has 122 valence electrons. The summed E-state index contributed by atoms with van der Waals surface area (Å²) >= 11 is 0.